The van der Waals surface area contributed by atoms with E-state index < -0.39 is 0 Å². The third-order valence-corrected chi connectivity index (χ3v) is 0. The maximum absolute atomic E-state index is 0. The van der Waals surface area contributed by atoms with Crippen LogP contribution in [0.1, 0.15) is 0 Å². The zero-order chi connectivity index (χ0) is 0. The second-order valence-electron chi connectivity index (χ2n) is 0. The Labute approximate surface area is 188 Å². The minimum Gasteiger partial charge on any atom is 0 e. The van der Waals surface area contributed by atoms with Gasteiger partial charge in [-0.15, -0.1) is 0 Å². The van der Waals surface area contributed by atoms with Gasteiger partial charge in [-0.2, -0.15) is 0 Å². The van der Waals surface area contributed by atoms with Crippen LogP contribution in [0.25, 0.3) is 0 Å². The van der Waals surface area contributed by atoms with Gasteiger partial charge in [0.2, 0.25) is 0 Å². The van der Waals surface area contributed by atoms with Crippen molar-refractivity contribution in [1.29, 1.82) is 0 Å². The molecule has 0 aromatic carbocycles. The minimum atomic E-state index is 0. The molecule has 0 aromatic rings. The fourth-order valence-corrected chi connectivity index (χ4v) is 0. The summed E-state index contributed by atoms with van der Waals surface area (Å²) in [5, 5.41) is 0. The summed E-state index contributed by atoms with van der Waals surface area (Å²) in [5.74, 6) is 0. The molecule has 0 radical (unpaired) electrons. The molecule has 0 saturated heterocycles. The van der Waals surface area contributed by atoms with Crippen LogP contribution in [0, 0.1) is 0 Å². The van der Waals surface area contributed by atoms with Crippen LogP contribution in [0.2, 0.25) is 0 Å². The Morgan fingerprint density at radius 2 is 0.200 bits per heavy atom. The van der Waals surface area contributed by atoms with Crippen LogP contribution < -0.4 is 0 Å². The van der Waals surface area contributed by atoms with Gasteiger partial charge in [0.15, 0.2) is 0 Å². The quantitative estimate of drug-likeness (QED) is 0.326. The Kier molecular flexibility index (Phi) is 790. The largest absolute Gasteiger partial charge is 0 e. The van der Waals surface area contributed by atoms with E-state index in [1.165, 1.54) is 0 Å². The Morgan fingerprint density at radius 3 is 0.200 bits per heavy atom. The van der Waals surface area contributed by atoms with Crippen LogP contribution in [-0.4, -0.2) is 0 Å². The molecule has 10 heteroatoms. The molecule has 0 atom stereocenters. The van der Waals surface area contributed by atoms with E-state index in [0.717, 1.165) is 0 Å². The topological polar surface area (TPSA) is 0 Å². The molecular weight excluding hydrogens is 644 g/mol. The van der Waals surface area contributed by atoms with E-state index in [9.17, 15) is 0 Å². The van der Waals surface area contributed by atoms with Crippen molar-refractivity contribution in [2.24, 2.45) is 0 Å². The van der Waals surface area contributed by atoms with Gasteiger partial charge in [0, 0.05) is 192 Å². The first-order valence-corrected chi connectivity index (χ1v) is 0. The molecule has 0 aliphatic heterocycles. The molecule has 10 heavy (non-hydrogen) atoms. The molecule has 0 rings (SSSR count). The summed E-state index contributed by atoms with van der Waals surface area (Å²) in [6.07, 6.45) is 0. The molecule has 26 valence electrons. The molecule has 0 bridgehead atoms. The van der Waals surface area contributed by atoms with Crippen molar-refractivity contribution < 1.29 is 192 Å². The van der Waals surface area contributed by atoms with Crippen LogP contribution >= 0.6 is 0 Å². The average molecular weight is 644 g/mol. The summed E-state index contributed by atoms with van der Waals surface area (Å²) in [6, 6.07) is 0. The molecule has 0 unspecified atom stereocenters. The van der Waals surface area contributed by atoms with Crippen LogP contribution in [-0.2, 0) is 192 Å². The summed E-state index contributed by atoms with van der Waals surface area (Å²) < 4.78 is 0. The molecular formula is FeZn9. The SMILES string of the molecule is [Fe].[Zn].[Zn].[Zn].[Zn].[Zn].[Zn].[Zn].[Zn].[Zn]. The van der Waals surface area contributed by atoms with E-state index in [0.29, 0.717) is 0 Å². The molecule has 0 N–H and O–H groups in total. The first-order valence-electron chi connectivity index (χ1n) is 0. The summed E-state index contributed by atoms with van der Waals surface area (Å²) in [5.41, 5.74) is 0. The molecule has 0 amide bonds. The van der Waals surface area contributed by atoms with Gasteiger partial charge >= 0.3 is 0 Å². The third-order valence-electron chi connectivity index (χ3n) is 0. The number of hydrogen-bond donors (Lipinski definition) is 0. The summed E-state index contributed by atoms with van der Waals surface area (Å²) in [6.45, 7) is 0. The summed E-state index contributed by atoms with van der Waals surface area (Å²) >= 11 is 0. The van der Waals surface area contributed by atoms with Crippen molar-refractivity contribution in [3.63, 3.8) is 0 Å². The van der Waals surface area contributed by atoms with E-state index in [1.54, 1.807) is 0 Å². The molecule has 0 heterocycles. The molecule has 0 spiro atoms. The van der Waals surface area contributed by atoms with Gasteiger partial charge in [-0.1, -0.05) is 0 Å². The van der Waals surface area contributed by atoms with Gasteiger partial charge < -0.3 is 0 Å². The van der Waals surface area contributed by atoms with Crippen molar-refractivity contribution in [2.75, 3.05) is 0 Å². The van der Waals surface area contributed by atoms with Crippen LogP contribution in [0.3, 0.4) is 0 Å². The Morgan fingerprint density at radius 1 is 0.200 bits per heavy atom. The van der Waals surface area contributed by atoms with Gasteiger partial charge in [0.1, 0.15) is 0 Å². The molecule has 0 saturated carbocycles. The summed E-state index contributed by atoms with van der Waals surface area (Å²) in [7, 11) is 0. The van der Waals surface area contributed by atoms with Crippen molar-refractivity contribution in [1.82, 2.24) is 0 Å². The normalized spacial score (nSPS) is 0. The van der Waals surface area contributed by atoms with E-state index in [2.05, 4.69) is 0 Å². The van der Waals surface area contributed by atoms with E-state index in [1.807, 2.05) is 0 Å². The van der Waals surface area contributed by atoms with Crippen LogP contribution in [0.4, 0.5) is 0 Å². The zero-order valence-electron chi connectivity index (χ0n) is 6.72. The monoisotopic (exact) mass is 631 g/mol. The van der Waals surface area contributed by atoms with Gasteiger partial charge in [-0.05, 0) is 0 Å². The van der Waals surface area contributed by atoms with Gasteiger partial charge in [0.25, 0.3) is 0 Å². The maximum atomic E-state index is 0. The molecule has 0 aliphatic rings. The standard InChI is InChI=1S/Fe.9Zn. The van der Waals surface area contributed by atoms with Crippen molar-refractivity contribution >= 4 is 0 Å². The number of rotatable bonds is 0. The first-order chi connectivity index (χ1) is 0. The van der Waals surface area contributed by atoms with Crippen molar-refractivity contribution in [2.45, 2.75) is 0 Å². The molecule has 0 nitrogen and oxygen atoms in total. The van der Waals surface area contributed by atoms with Gasteiger partial charge in [-0.3, -0.25) is 0 Å². The average Bonchev–Trinajstić information content (AvgIpc) is 0. The Balaban J connectivity index is 0. The minimum absolute atomic E-state index is 0. The van der Waals surface area contributed by atoms with Crippen molar-refractivity contribution in [3.05, 3.63) is 0 Å². The maximum Gasteiger partial charge on any atom is 0 e. The van der Waals surface area contributed by atoms with E-state index >= 15 is 0 Å². The number of hydrogen-bond acceptors (Lipinski definition) is 0. The second kappa shape index (κ2) is 80.4. The van der Waals surface area contributed by atoms with Gasteiger partial charge in [-0.25, -0.2) is 0 Å². The zero-order valence-corrected chi connectivity index (χ0v) is 34.5. The third kappa shape index (κ3) is 64.8. The van der Waals surface area contributed by atoms with Crippen LogP contribution in [0.5, 0.6) is 0 Å². The second-order valence-corrected chi connectivity index (χ2v) is 0. The van der Waals surface area contributed by atoms with Crippen LogP contribution in [0.15, 0.2) is 0 Å². The Hall–Kier alpha value is 6.13. The Bertz CT molecular complexity index is 4.69. The predicted molar refractivity (Wildman–Crippen MR) is 0 cm³/mol. The van der Waals surface area contributed by atoms with E-state index in [4.69, 9.17) is 0 Å². The molecule has 0 aliphatic carbocycles. The smallest absolute Gasteiger partial charge is 0 e. The molecule has 0 aromatic heterocycles. The van der Waals surface area contributed by atoms with Gasteiger partial charge in [0.05, 0.1) is 0 Å². The first kappa shape index (κ1) is 98.3. The fraction of sp³-hybridized carbons (Fsp3) is 0. The summed E-state index contributed by atoms with van der Waals surface area (Å²) in [4.78, 5) is 0. The fourth-order valence-electron chi connectivity index (χ4n) is 0. The van der Waals surface area contributed by atoms with Crippen molar-refractivity contribution in [3.8, 4) is 0 Å². The predicted octanol–water partition coefficient (Wildman–Crippen LogP) is -0.0250. The van der Waals surface area contributed by atoms with E-state index in [-0.39, 0.29) is 192 Å². The molecule has 0 fully saturated rings.